The van der Waals surface area contributed by atoms with Gasteiger partial charge in [-0.1, -0.05) is 18.2 Å². The van der Waals surface area contributed by atoms with Gasteiger partial charge in [-0.2, -0.15) is 5.10 Å². The molecule has 3 rings (SSSR count). The molecular formula is C16H16N4O2. The van der Waals surface area contributed by atoms with Gasteiger partial charge >= 0.3 is 5.97 Å². The van der Waals surface area contributed by atoms with E-state index in [4.69, 9.17) is 4.74 Å². The van der Waals surface area contributed by atoms with Gasteiger partial charge in [0.25, 0.3) is 0 Å². The van der Waals surface area contributed by atoms with Crippen molar-refractivity contribution in [2.24, 2.45) is 0 Å². The van der Waals surface area contributed by atoms with E-state index in [1.165, 1.54) is 0 Å². The number of aromatic amines is 1. The largest absolute Gasteiger partial charge is 0.461 e. The molecule has 3 aromatic rings. The number of H-pyrrole nitrogens is 1. The summed E-state index contributed by atoms with van der Waals surface area (Å²) < 4.78 is 4.99. The van der Waals surface area contributed by atoms with Crippen LogP contribution in [0.1, 0.15) is 23.0 Å². The number of carbonyl (C=O) groups excluding carboxylic acids is 1. The Bertz CT molecular complexity index is 797. The maximum absolute atomic E-state index is 11.8. The first-order valence-electron chi connectivity index (χ1n) is 7.06. The van der Waals surface area contributed by atoms with E-state index in [2.05, 4.69) is 20.5 Å². The molecule has 0 aliphatic heterocycles. The predicted molar refractivity (Wildman–Crippen MR) is 83.6 cm³/mol. The van der Waals surface area contributed by atoms with E-state index in [1.54, 1.807) is 19.3 Å². The summed E-state index contributed by atoms with van der Waals surface area (Å²) in [6.45, 7) is 2.57. The second-order valence-corrected chi connectivity index (χ2v) is 4.76. The Morgan fingerprint density at radius 2 is 2.18 bits per heavy atom. The number of fused-ring (bicyclic) bond motifs is 1. The van der Waals surface area contributed by atoms with E-state index in [0.29, 0.717) is 18.8 Å². The van der Waals surface area contributed by atoms with Crippen molar-refractivity contribution in [3.63, 3.8) is 0 Å². The van der Waals surface area contributed by atoms with Crippen molar-refractivity contribution in [3.05, 3.63) is 54.0 Å². The average molecular weight is 296 g/mol. The summed E-state index contributed by atoms with van der Waals surface area (Å²) in [7, 11) is 0. The number of nitrogens with zero attached hydrogens (tertiary/aromatic N) is 2. The molecule has 0 unspecified atom stereocenters. The van der Waals surface area contributed by atoms with Gasteiger partial charge in [0.2, 0.25) is 0 Å². The number of pyridine rings is 1. The van der Waals surface area contributed by atoms with Crippen molar-refractivity contribution in [3.8, 4) is 0 Å². The summed E-state index contributed by atoms with van der Waals surface area (Å²) in [5.41, 5.74) is 2.97. The SMILES string of the molecule is CCOC(=O)c1[nH]ncc1CNc1cnc2ccccc2c1. The predicted octanol–water partition coefficient (Wildman–Crippen LogP) is 2.75. The van der Waals surface area contributed by atoms with Crippen LogP contribution in [0.2, 0.25) is 0 Å². The first-order chi connectivity index (χ1) is 10.8. The fraction of sp³-hybridized carbons (Fsp3) is 0.188. The molecule has 0 spiro atoms. The zero-order valence-corrected chi connectivity index (χ0v) is 12.2. The third-order valence-corrected chi connectivity index (χ3v) is 3.27. The van der Waals surface area contributed by atoms with Gasteiger partial charge in [-0.3, -0.25) is 10.1 Å². The van der Waals surface area contributed by atoms with E-state index < -0.39 is 5.97 Å². The van der Waals surface area contributed by atoms with Crippen LogP contribution in [0.5, 0.6) is 0 Å². The van der Waals surface area contributed by atoms with E-state index in [9.17, 15) is 4.79 Å². The molecule has 6 heteroatoms. The number of benzene rings is 1. The fourth-order valence-electron chi connectivity index (χ4n) is 2.19. The number of anilines is 1. The lowest BCUT2D eigenvalue weighted by Gasteiger charge is -2.07. The molecule has 2 aromatic heterocycles. The van der Waals surface area contributed by atoms with Crippen LogP contribution in [0, 0.1) is 0 Å². The summed E-state index contributed by atoms with van der Waals surface area (Å²) in [6, 6.07) is 9.93. The number of esters is 1. The zero-order chi connectivity index (χ0) is 15.4. The minimum absolute atomic E-state index is 0.333. The third kappa shape index (κ3) is 2.90. The van der Waals surface area contributed by atoms with E-state index in [-0.39, 0.29) is 0 Å². The number of hydrogen-bond acceptors (Lipinski definition) is 5. The molecular weight excluding hydrogens is 280 g/mol. The molecule has 22 heavy (non-hydrogen) atoms. The van der Waals surface area contributed by atoms with Crippen LogP contribution >= 0.6 is 0 Å². The number of rotatable bonds is 5. The Hall–Kier alpha value is -2.89. The molecule has 0 aliphatic carbocycles. The molecule has 0 saturated heterocycles. The minimum Gasteiger partial charge on any atom is -0.461 e. The van der Waals surface area contributed by atoms with Gasteiger partial charge in [-0.25, -0.2) is 4.79 Å². The second-order valence-electron chi connectivity index (χ2n) is 4.76. The smallest absolute Gasteiger partial charge is 0.356 e. The lowest BCUT2D eigenvalue weighted by Crippen LogP contribution is -2.10. The molecule has 0 aliphatic rings. The summed E-state index contributed by atoms with van der Waals surface area (Å²) in [5.74, 6) is -0.395. The van der Waals surface area contributed by atoms with Crippen LogP contribution in [0.15, 0.2) is 42.7 Å². The van der Waals surface area contributed by atoms with Gasteiger partial charge in [0.1, 0.15) is 5.69 Å². The first-order valence-corrected chi connectivity index (χ1v) is 7.06. The van der Waals surface area contributed by atoms with E-state index in [1.807, 2.05) is 30.3 Å². The van der Waals surface area contributed by atoms with Crippen LogP contribution in [-0.2, 0) is 11.3 Å². The van der Waals surface area contributed by atoms with Crippen LogP contribution in [-0.4, -0.2) is 27.8 Å². The number of hydrogen-bond donors (Lipinski definition) is 2. The van der Waals surface area contributed by atoms with Crippen LogP contribution in [0.4, 0.5) is 5.69 Å². The van der Waals surface area contributed by atoms with Crippen molar-refractivity contribution in [2.45, 2.75) is 13.5 Å². The molecule has 0 fully saturated rings. The average Bonchev–Trinajstić information content (AvgIpc) is 3.01. The summed E-state index contributed by atoms with van der Waals surface area (Å²) in [5, 5.41) is 10.9. The number of nitrogens with one attached hydrogen (secondary N) is 2. The molecule has 0 amide bonds. The summed E-state index contributed by atoms with van der Waals surface area (Å²) in [4.78, 5) is 16.2. The highest BCUT2D eigenvalue weighted by atomic mass is 16.5. The van der Waals surface area contributed by atoms with Crippen LogP contribution in [0.25, 0.3) is 10.9 Å². The lowest BCUT2D eigenvalue weighted by atomic mass is 10.2. The van der Waals surface area contributed by atoms with Crippen molar-refractivity contribution < 1.29 is 9.53 Å². The Kier molecular flexibility index (Phi) is 4.00. The van der Waals surface area contributed by atoms with Crippen molar-refractivity contribution in [2.75, 3.05) is 11.9 Å². The lowest BCUT2D eigenvalue weighted by molar-refractivity contribution is 0.0518. The molecule has 1 aromatic carbocycles. The third-order valence-electron chi connectivity index (χ3n) is 3.27. The highest BCUT2D eigenvalue weighted by Crippen LogP contribution is 2.17. The first kappa shape index (κ1) is 14.1. The maximum Gasteiger partial charge on any atom is 0.356 e. The summed E-state index contributed by atoms with van der Waals surface area (Å²) >= 11 is 0. The highest BCUT2D eigenvalue weighted by molar-refractivity contribution is 5.89. The van der Waals surface area contributed by atoms with Crippen molar-refractivity contribution in [1.82, 2.24) is 15.2 Å². The minimum atomic E-state index is -0.395. The van der Waals surface area contributed by atoms with Gasteiger partial charge in [-0.15, -0.1) is 0 Å². The molecule has 112 valence electrons. The van der Waals surface area contributed by atoms with Crippen LogP contribution < -0.4 is 5.32 Å². The molecule has 0 radical (unpaired) electrons. The number of aromatic nitrogens is 3. The van der Waals surface area contributed by atoms with Crippen molar-refractivity contribution >= 4 is 22.6 Å². The van der Waals surface area contributed by atoms with E-state index in [0.717, 1.165) is 22.2 Å². The quantitative estimate of drug-likeness (QED) is 0.708. The van der Waals surface area contributed by atoms with Gasteiger partial charge in [0.15, 0.2) is 0 Å². The second kappa shape index (κ2) is 6.26. The number of para-hydroxylation sites is 1. The Labute approximate surface area is 127 Å². The Morgan fingerprint density at radius 1 is 1.32 bits per heavy atom. The molecule has 0 bridgehead atoms. The maximum atomic E-state index is 11.8. The Morgan fingerprint density at radius 3 is 3.05 bits per heavy atom. The fourth-order valence-corrected chi connectivity index (χ4v) is 2.19. The zero-order valence-electron chi connectivity index (χ0n) is 12.2. The standard InChI is InChI=1S/C16H16N4O2/c1-2-22-16(21)15-12(9-19-20-15)8-17-13-7-11-5-3-4-6-14(11)18-10-13/h3-7,9-10,17H,2,8H2,1H3,(H,19,20). The Balaban J connectivity index is 1.74. The molecule has 6 nitrogen and oxygen atoms in total. The molecule has 0 saturated carbocycles. The van der Waals surface area contributed by atoms with Crippen LogP contribution in [0.3, 0.4) is 0 Å². The monoisotopic (exact) mass is 296 g/mol. The number of carbonyl (C=O) groups is 1. The summed E-state index contributed by atoms with van der Waals surface area (Å²) in [6.07, 6.45) is 3.39. The molecule has 2 heterocycles. The molecule has 0 atom stereocenters. The number of ether oxygens (including phenoxy) is 1. The van der Waals surface area contributed by atoms with Gasteiger partial charge in [0.05, 0.1) is 30.2 Å². The van der Waals surface area contributed by atoms with Gasteiger partial charge in [-0.05, 0) is 19.1 Å². The van der Waals surface area contributed by atoms with Crippen molar-refractivity contribution in [1.29, 1.82) is 0 Å². The van der Waals surface area contributed by atoms with Gasteiger partial charge < -0.3 is 10.1 Å². The topological polar surface area (TPSA) is 79.9 Å². The highest BCUT2D eigenvalue weighted by Gasteiger charge is 2.14. The van der Waals surface area contributed by atoms with Gasteiger partial charge in [0, 0.05) is 17.5 Å². The normalized spacial score (nSPS) is 10.6. The molecule has 2 N–H and O–H groups in total. The van der Waals surface area contributed by atoms with E-state index >= 15 is 0 Å².